The van der Waals surface area contributed by atoms with Crippen LogP contribution in [0.3, 0.4) is 0 Å². The highest BCUT2D eigenvalue weighted by Gasteiger charge is 2.23. The molecule has 0 aliphatic heterocycles. The Morgan fingerprint density at radius 3 is 2.26 bits per heavy atom. The maximum Gasteiger partial charge on any atom is 0.348 e. The molecular weight excluding hydrogens is 520 g/mol. The number of anilines is 3. The van der Waals surface area contributed by atoms with E-state index in [-0.39, 0.29) is 6.61 Å². The van der Waals surface area contributed by atoms with Gasteiger partial charge in [-0.15, -0.1) is 22.7 Å². The van der Waals surface area contributed by atoms with Gasteiger partial charge in [0.2, 0.25) is 5.88 Å². The predicted molar refractivity (Wildman–Crippen MR) is 149 cm³/mol. The van der Waals surface area contributed by atoms with E-state index in [0.717, 1.165) is 21.0 Å². The topological polar surface area (TPSA) is 104 Å². The molecular formula is C29H20N2O5S2. The zero-order chi connectivity index (χ0) is 26.6. The van der Waals surface area contributed by atoms with Gasteiger partial charge in [-0.1, -0.05) is 36.4 Å². The summed E-state index contributed by atoms with van der Waals surface area (Å²) in [5.41, 5.74) is 1.43. The van der Waals surface area contributed by atoms with Crippen LogP contribution >= 0.6 is 22.7 Å². The van der Waals surface area contributed by atoms with Crippen molar-refractivity contribution < 1.29 is 23.8 Å². The molecule has 38 heavy (non-hydrogen) atoms. The van der Waals surface area contributed by atoms with E-state index in [0.29, 0.717) is 26.8 Å². The van der Waals surface area contributed by atoms with Gasteiger partial charge in [-0.25, -0.2) is 9.59 Å². The largest absolute Gasteiger partial charge is 0.477 e. The van der Waals surface area contributed by atoms with E-state index in [9.17, 15) is 20.0 Å². The number of furan rings is 1. The first kappa shape index (κ1) is 25.0. The number of para-hydroxylation sites is 2. The van der Waals surface area contributed by atoms with E-state index >= 15 is 0 Å². The second-order valence-electron chi connectivity index (χ2n) is 7.99. The summed E-state index contributed by atoms with van der Waals surface area (Å²) in [6, 6.07) is 26.8. The highest BCUT2D eigenvalue weighted by molar-refractivity contribution is 7.28. The molecule has 0 radical (unpaired) electrons. The number of aliphatic carboxylic acids is 1. The number of fused-ring (bicyclic) bond motifs is 1. The number of benzene rings is 2. The van der Waals surface area contributed by atoms with Crippen LogP contribution in [0.4, 0.5) is 17.3 Å². The Balaban J connectivity index is 1.65. The van der Waals surface area contributed by atoms with Crippen molar-refractivity contribution in [2.45, 2.75) is 6.92 Å². The number of nitriles is 1. The lowest BCUT2D eigenvalue weighted by Gasteiger charge is -2.22. The van der Waals surface area contributed by atoms with Crippen LogP contribution in [-0.2, 0) is 9.53 Å². The standard InChI is InChI=1S/C29H20N2O5S2/c1-2-35-29(34)24-16-21-23(15-18(17-30)28(32)33)37-27(26(21)38-24)22-13-14-25(36-22)31(19-9-5-3-6-10-19)20-11-7-4-8-12-20/h3-16H,2H2,1H3,(H,32,33)/b18-15-. The van der Waals surface area contributed by atoms with Crippen molar-refractivity contribution in [3.8, 4) is 16.7 Å². The lowest BCUT2D eigenvalue weighted by atomic mass is 10.2. The van der Waals surface area contributed by atoms with E-state index in [1.807, 2.05) is 77.7 Å². The normalized spacial score (nSPS) is 11.3. The third-order valence-corrected chi connectivity index (χ3v) is 8.01. The Kier molecular flexibility index (Phi) is 7.09. The molecule has 0 spiro atoms. The van der Waals surface area contributed by atoms with Gasteiger partial charge in [0, 0.05) is 27.7 Å². The van der Waals surface area contributed by atoms with Crippen molar-refractivity contribution in [1.82, 2.24) is 0 Å². The molecule has 0 unspecified atom stereocenters. The van der Waals surface area contributed by atoms with E-state index < -0.39 is 17.5 Å². The van der Waals surface area contributed by atoms with Crippen molar-refractivity contribution in [1.29, 1.82) is 5.26 Å². The summed E-state index contributed by atoms with van der Waals surface area (Å²) in [4.78, 5) is 27.6. The smallest absolute Gasteiger partial charge is 0.348 e. The summed E-state index contributed by atoms with van der Waals surface area (Å²) in [6.07, 6.45) is 1.32. The first-order valence-corrected chi connectivity index (χ1v) is 13.2. The molecule has 2 aromatic carbocycles. The molecule has 3 aromatic heterocycles. The number of carboxylic acids is 1. The maximum absolute atomic E-state index is 12.5. The van der Waals surface area contributed by atoms with E-state index in [2.05, 4.69) is 0 Å². The number of thiophene rings is 2. The van der Waals surface area contributed by atoms with Gasteiger partial charge < -0.3 is 14.3 Å². The molecule has 0 aliphatic rings. The first-order chi connectivity index (χ1) is 18.5. The Hall–Kier alpha value is -4.65. The Morgan fingerprint density at radius 2 is 1.68 bits per heavy atom. The van der Waals surface area contributed by atoms with Crippen molar-refractivity contribution >= 4 is 68.0 Å². The monoisotopic (exact) mass is 540 g/mol. The summed E-state index contributed by atoms with van der Waals surface area (Å²) in [5, 5.41) is 19.4. The highest BCUT2D eigenvalue weighted by atomic mass is 32.1. The second kappa shape index (κ2) is 10.8. The minimum atomic E-state index is -1.32. The van der Waals surface area contributed by atoms with Gasteiger partial charge in [0.25, 0.3) is 0 Å². The number of hydrogen-bond donors (Lipinski definition) is 1. The van der Waals surface area contributed by atoms with Crippen molar-refractivity contribution in [2.24, 2.45) is 0 Å². The van der Waals surface area contributed by atoms with Gasteiger partial charge in [0.15, 0.2) is 0 Å². The van der Waals surface area contributed by atoms with Crippen molar-refractivity contribution in [3.05, 3.63) is 94.2 Å². The van der Waals surface area contributed by atoms with Crippen LogP contribution in [0, 0.1) is 11.3 Å². The van der Waals surface area contributed by atoms with Crippen molar-refractivity contribution in [2.75, 3.05) is 11.5 Å². The van der Waals surface area contributed by atoms with Crippen LogP contribution in [0.15, 0.2) is 88.9 Å². The number of esters is 1. The number of carbonyl (C=O) groups excluding carboxylic acids is 1. The van der Waals surface area contributed by atoms with Gasteiger partial charge in [-0.05, 0) is 49.4 Å². The minimum absolute atomic E-state index is 0.233. The predicted octanol–water partition coefficient (Wildman–Crippen LogP) is 7.86. The molecule has 5 aromatic rings. The molecule has 0 saturated heterocycles. The average molecular weight is 541 g/mol. The van der Waals surface area contributed by atoms with E-state index in [1.165, 1.54) is 28.7 Å². The van der Waals surface area contributed by atoms with Gasteiger partial charge >= 0.3 is 11.9 Å². The molecule has 188 valence electrons. The van der Waals surface area contributed by atoms with Crippen molar-refractivity contribution in [3.63, 3.8) is 0 Å². The second-order valence-corrected chi connectivity index (χ2v) is 10.1. The zero-order valence-electron chi connectivity index (χ0n) is 20.1. The van der Waals surface area contributed by atoms with Crippen LogP contribution in [0.25, 0.3) is 26.8 Å². The number of nitrogens with zero attached hydrogens (tertiary/aromatic N) is 2. The molecule has 0 aliphatic carbocycles. The molecule has 7 nitrogen and oxygen atoms in total. The van der Waals surface area contributed by atoms with Gasteiger partial charge in [0.1, 0.15) is 22.3 Å². The molecule has 1 N–H and O–H groups in total. The molecule has 0 fully saturated rings. The molecule has 3 heterocycles. The summed E-state index contributed by atoms with van der Waals surface area (Å²) >= 11 is 2.54. The number of rotatable bonds is 8. The minimum Gasteiger partial charge on any atom is -0.477 e. The zero-order valence-corrected chi connectivity index (χ0v) is 21.7. The Labute approximate surface area is 226 Å². The van der Waals surface area contributed by atoms with Crippen LogP contribution in [0.2, 0.25) is 0 Å². The van der Waals surface area contributed by atoms with Crippen LogP contribution in [-0.4, -0.2) is 23.7 Å². The lowest BCUT2D eigenvalue weighted by Crippen LogP contribution is -2.08. The summed E-state index contributed by atoms with van der Waals surface area (Å²) < 4.78 is 12.3. The van der Waals surface area contributed by atoms with Gasteiger partial charge in [-0.3, -0.25) is 4.90 Å². The molecule has 0 saturated carbocycles. The number of carbonyl (C=O) groups is 2. The first-order valence-electron chi connectivity index (χ1n) is 11.6. The number of ether oxygens (including phenoxy) is 1. The third-order valence-electron chi connectivity index (χ3n) is 5.58. The fraction of sp³-hybridized carbons (Fsp3) is 0.0690. The molecule has 0 bridgehead atoms. The SMILES string of the molecule is CCOC(=O)c1cc2c(/C=C(/C#N)C(=O)O)sc(-c3ccc(N(c4ccccc4)c4ccccc4)o3)c2s1. The fourth-order valence-corrected chi connectivity index (χ4v) is 6.33. The Bertz CT molecular complexity index is 1650. The summed E-state index contributed by atoms with van der Waals surface area (Å²) in [7, 11) is 0. The number of hydrogen-bond acceptors (Lipinski definition) is 8. The van der Waals surface area contributed by atoms with E-state index in [4.69, 9.17) is 9.15 Å². The maximum atomic E-state index is 12.5. The molecule has 5 rings (SSSR count). The highest BCUT2D eigenvalue weighted by Crippen LogP contribution is 2.46. The summed E-state index contributed by atoms with van der Waals surface area (Å²) in [6.45, 7) is 1.96. The average Bonchev–Trinajstić information content (AvgIpc) is 3.65. The van der Waals surface area contributed by atoms with Crippen LogP contribution in [0.5, 0.6) is 0 Å². The molecule has 0 amide bonds. The fourth-order valence-electron chi connectivity index (χ4n) is 3.93. The van der Waals surface area contributed by atoms with E-state index in [1.54, 1.807) is 19.1 Å². The Morgan fingerprint density at radius 1 is 1.03 bits per heavy atom. The quantitative estimate of drug-likeness (QED) is 0.121. The molecule has 0 atom stereocenters. The number of carboxylic acid groups (broad SMARTS) is 1. The van der Waals surface area contributed by atoms with Crippen LogP contribution in [0.1, 0.15) is 21.5 Å². The van der Waals surface area contributed by atoms with Gasteiger partial charge in [-0.2, -0.15) is 5.26 Å². The summed E-state index contributed by atoms with van der Waals surface area (Å²) in [5.74, 6) is -0.644. The lowest BCUT2D eigenvalue weighted by molar-refractivity contribution is -0.132. The molecule has 9 heteroatoms. The third kappa shape index (κ3) is 4.83. The van der Waals surface area contributed by atoms with Gasteiger partial charge in [0.05, 0.1) is 16.2 Å². The van der Waals surface area contributed by atoms with Crippen LogP contribution < -0.4 is 4.90 Å².